The zero-order valence-corrected chi connectivity index (χ0v) is 11.5. The third-order valence-electron chi connectivity index (χ3n) is 3.03. The fourth-order valence-corrected chi connectivity index (χ4v) is 2.14. The molecule has 1 amide bonds. The van der Waals surface area contributed by atoms with Gasteiger partial charge < -0.3 is 20.1 Å². The molecule has 102 valence electrons. The van der Waals surface area contributed by atoms with Crippen LogP contribution in [0.5, 0.6) is 0 Å². The molecule has 1 rings (SSSR count). The minimum absolute atomic E-state index is 0. The van der Waals surface area contributed by atoms with E-state index in [2.05, 4.69) is 5.32 Å². The van der Waals surface area contributed by atoms with Crippen molar-refractivity contribution in [1.82, 2.24) is 10.2 Å². The number of ether oxygens (including phenoxy) is 1. The average Bonchev–Trinajstić information content (AvgIpc) is 2.65. The van der Waals surface area contributed by atoms with Crippen molar-refractivity contribution in [3.63, 3.8) is 0 Å². The molecule has 0 bridgehead atoms. The van der Waals surface area contributed by atoms with Crippen molar-refractivity contribution < 1.29 is 14.6 Å². The molecule has 2 unspecified atom stereocenters. The van der Waals surface area contributed by atoms with Crippen LogP contribution < -0.4 is 5.32 Å². The highest BCUT2D eigenvalue weighted by Crippen LogP contribution is 2.20. The van der Waals surface area contributed by atoms with Gasteiger partial charge in [0.15, 0.2) is 0 Å². The van der Waals surface area contributed by atoms with Gasteiger partial charge >= 0.3 is 0 Å². The first-order chi connectivity index (χ1) is 7.49. The van der Waals surface area contributed by atoms with Crippen LogP contribution >= 0.6 is 12.4 Å². The molecule has 1 aliphatic rings. The zero-order chi connectivity index (χ0) is 12.2. The predicted molar refractivity (Wildman–Crippen MR) is 68.4 cm³/mol. The maximum Gasteiger partial charge on any atom is 0.242 e. The Bertz CT molecular complexity index is 245. The Morgan fingerprint density at radius 2 is 2.29 bits per heavy atom. The zero-order valence-electron chi connectivity index (χ0n) is 10.7. The highest BCUT2D eigenvalue weighted by atomic mass is 35.5. The van der Waals surface area contributed by atoms with Crippen LogP contribution in [0, 0.1) is 0 Å². The Labute approximate surface area is 109 Å². The molecule has 0 aliphatic carbocycles. The monoisotopic (exact) mass is 266 g/mol. The van der Waals surface area contributed by atoms with E-state index in [4.69, 9.17) is 4.74 Å². The summed E-state index contributed by atoms with van der Waals surface area (Å²) in [5.74, 6) is 0.0418. The number of methoxy groups -OCH3 is 1. The minimum Gasteiger partial charge on any atom is -0.389 e. The van der Waals surface area contributed by atoms with Gasteiger partial charge in [0.05, 0.1) is 18.2 Å². The number of likely N-dealkylation sites (N-methyl/N-ethyl adjacent to an activating group) is 1. The molecule has 0 spiro atoms. The molecule has 1 aliphatic heterocycles. The molecule has 5 nitrogen and oxygen atoms in total. The van der Waals surface area contributed by atoms with Gasteiger partial charge in [-0.25, -0.2) is 0 Å². The molecule has 0 aromatic carbocycles. The first kappa shape index (κ1) is 16.6. The summed E-state index contributed by atoms with van der Waals surface area (Å²) in [4.78, 5) is 13.7. The predicted octanol–water partition coefficient (Wildman–Crippen LogP) is 0.0160. The number of rotatable bonds is 5. The van der Waals surface area contributed by atoms with Crippen molar-refractivity contribution in [2.75, 3.05) is 33.9 Å². The second-order valence-corrected chi connectivity index (χ2v) is 4.66. The van der Waals surface area contributed by atoms with Crippen molar-refractivity contribution in [1.29, 1.82) is 0 Å². The maximum absolute atomic E-state index is 12.1. The van der Waals surface area contributed by atoms with E-state index >= 15 is 0 Å². The van der Waals surface area contributed by atoms with E-state index in [1.165, 1.54) is 7.11 Å². The van der Waals surface area contributed by atoms with E-state index in [9.17, 15) is 9.90 Å². The number of hydrogen-bond donors (Lipinski definition) is 2. The summed E-state index contributed by atoms with van der Waals surface area (Å²) < 4.78 is 4.83. The van der Waals surface area contributed by atoms with Crippen LogP contribution in [-0.4, -0.2) is 61.4 Å². The summed E-state index contributed by atoms with van der Waals surface area (Å²) in [5, 5.41) is 12.8. The van der Waals surface area contributed by atoms with Crippen molar-refractivity contribution in [2.24, 2.45) is 0 Å². The van der Waals surface area contributed by atoms with E-state index in [-0.39, 0.29) is 24.9 Å². The van der Waals surface area contributed by atoms with Gasteiger partial charge in [0.2, 0.25) is 5.91 Å². The molecule has 6 heteroatoms. The number of amides is 1. The van der Waals surface area contributed by atoms with Gasteiger partial charge in [-0.05, 0) is 26.3 Å². The molecule has 0 aromatic rings. The van der Waals surface area contributed by atoms with Crippen LogP contribution in [-0.2, 0) is 9.53 Å². The number of aliphatic hydroxyl groups excluding tert-OH is 1. The Hall–Kier alpha value is -0.360. The molecule has 2 atom stereocenters. The SMILES string of the molecule is COCC(O)CN(C)C(=O)C1(C)CCCN1.Cl. The van der Waals surface area contributed by atoms with E-state index in [0.717, 1.165) is 19.4 Å². The third kappa shape index (κ3) is 4.43. The number of halogens is 1. The van der Waals surface area contributed by atoms with E-state index in [1.807, 2.05) is 6.92 Å². The minimum atomic E-state index is -0.621. The fraction of sp³-hybridized carbons (Fsp3) is 0.909. The highest BCUT2D eigenvalue weighted by molar-refractivity contribution is 5.86. The van der Waals surface area contributed by atoms with Crippen LogP contribution in [0.25, 0.3) is 0 Å². The lowest BCUT2D eigenvalue weighted by Crippen LogP contribution is -2.53. The first-order valence-electron chi connectivity index (χ1n) is 5.67. The normalized spacial score (nSPS) is 25.2. The third-order valence-corrected chi connectivity index (χ3v) is 3.03. The summed E-state index contributed by atoms with van der Waals surface area (Å²) in [5.41, 5.74) is -0.457. The van der Waals surface area contributed by atoms with Gasteiger partial charge in [-0.15, -0.1) is 12.4 Å². The Balaban J connectivity index is 0.00000256. The molecule has 1 heterocycles. The standard InChI is InChI=1S/C11H22N2O3.ClH/c1-11(5-4-6-12-11)10(15)13(2)7-9(14)8-16-3;/h9,12,14H,4-8H2,1-3H3;1H. The summed E-state index contributed by atoms with van der Waals surface area (Å²) >= 11 is 0. The smallest absolute Gasteiger partial charge is 0.242 e. The second kappa shape index (κ2) is 7.16. The van der Waals surface area contributed by atoms with E-state index < -0.39 is 11.6 Å². The highest BCUT2D eigenvalue weighted by Gasteiger charge is 2.38. The van der Waals surface area contributed by atoms with Gasteiger partial charge in [-0.3, -0.25) is 4.79 Å². The number of carbonyl (C=O) groups excluding carboxylic acids is 1. The van der Waals surface area contributed by atoms with Crippen LogP contribution in [0.1, 0.15) is 19.8 Å². The van der Waals surface area contributed by atoms with Gasteiger partial charge in [-0.2, -0.15) is 0 Å². The summed E-state index contributed by atoms with van der Waals surface area (Å²) in [6, 6.07) is 0. The Kier molecular flexibility index (Phi) is 7.01. The Morgan fingerprint density at radius 3 is 2.76 bits per heavy atom. The lowest BCUT2D eigenvalue weighted by molar-refractivity contribution is -0.137. The van der Waals surface area contributed by atoms with Gasteiger partial charge in [0, 0.05) is 20.7 Å². The second-order valence-electron chi connectivity index (χ2n) is 4.66. The quantitative estimate of drug-likeness (QED) is 0.736. The molecule has 2 N–H and O–H groups in total. The molecule has 17 heavy (non-hydrogen) atoms. The van der Waals surface area contributed by atoms with Crippen molar-refractivity contribution in [2.45, 2.75) is 31.4 Å². The van der Waals surface area contributed by atoms with Gasteiger partial charge in [0.25, 0.3) is 0 Å². The average molecular weight is 267 g/mol. The molecule has 0 radical (unpaired) electrons. The van der Waals surface area contributed by atoms with E-state index in [1.54, 1.807) is 11.9 Å². The van der Waals surface area contributed by atoms with Crippen LogP contribution in [0.15, 0.2) is 0 Å². The molecule has 0 saturated carbocycles. The molecule has 0 aromatic heterocycles. The van der Waals surface area contributed by atoms with Crippen LogP contribution in [0.3, 0.4) is 0 Å². The van der Waals surface area contributed by atoms with Gasteiger partial charge in [0.1, 0.15) is 0 Å². The fourth-order valence-electron chi connectivity index (χ4n) is 2.14. The summed E-state index contributed by atoms with van der Waals surface area (Å²) in [6.07, 6.45) is 1.26. The Morgan fingerprint density at radius 1 is 1.65 bits per heavy atom. The number of carbonyl (C=O) groups is 1. The van der Waals surface area contributed by atoms with Crippen LogP contribution in [0.4, 0.5) is 0 Å². The molecule has 1 saturated heterocycles. The number of nitrogens with one attached hydrogen (secondary N) is 1. The number of hydrogen-bond acceptors (Lipinski definition) is 4. The molecular formula is C11H23ClN2O3. The lowest BCUT2D eigenvalue weighted by atomic mass is 9.98. The number of aliphatic hydroxyl groups is 1. The largest absolute Gasteiger partial charge is 0.389 e. The van der Waals surface area contributed by atoms with Crippen LogP contribution in [0.2, 0.25) is 0 Å². The van der Waals surface area contributed by atoms with Crippen molar-refractivity contribution in [3.05, 3.63) is 0 Å². The first-order valence-corrected chi connectivity index (χ1v) is 5.67. The summed E-state index contributed by atoms with van der Waals surface area (Å²) in [7, 11) is 3.25. The van der Waals surface area contributed by atoms with E-state index in [0.29, 0.717) is 6.54 Å². The number of nitrogens with zero attached hydrogens (tertiary/aromatic N) is 1. The summed E-state index contributed by atoms with van der Waals surface area (Å²) in [6.45, 7) is 3.37. The maximum atomic E-state index is 12.1. The molecular weight excluding hydrogens is 244 g/mol. The van der Waals surface area contributed by atoms with Gasteiger partial charge in [-0.1, -0.05) is 0 Å². The van der Waals surface area contributed by atoms with Crippen molar-refractivity contribution in [3.8, 4) is 0 Å². The van der Waals surface area contributed by atoms with Crippen molar-refractivity contribution >= 4 is 18.3 Å². The topological polar surface area (TPSA) is 61.8 Å². The lowest BCUT2D eigenvalue weighted by Gasteiger charge is -2.30. The molecule has 1 fully saturated rings.